The number of methoxy groups -OCH3 is 1. The van der Waals surface area contributed by atoms with Crippen LogP contribution in [0.15, 0.2) is 41.1 Å². The number of likely N-dealkylation sites (tertiary alicyclic amines) is 1. The van der Waals surface area contributed by atoms with Crippen molar-refractivity contribution in [1.82, 2.24) is 4.90 Å². The van der Waals surface area contributed by atoms with Gasteiger partial charge in [0.25, 0.3) is 5.91 Å². The summed E-state index contributed by atoms with van der Waals surface area (Å²) < 4.78 is 5.20. The topological polar surface area (TPSA) is 29.5 Å². The van der Waals surface area contributed by atoms with Crippen molar-refractivity contribution in [3.05, 3.63) is 52.2 Å². The van der Waals surface area contributed by atoms with E-state index in [1.165, 1.54) is 12.0 Å². The Morgan fingerprint density at radius 1 is 1.30 bits per heavy atom. The van der Waals surface area contributed by atoms with E-state index in [1.54, 1.807) is 18.4 Å². The Balaban J connectivity index is 1.53. The summed E-state index contributed by atoms with van der Waals surface area (Å²) in [4.78, 5) is 14.5. The first-order chi connectivity index (χ1) is 11.3. The van der Waals surface area contributed by atoms with Crippen molar-refractivity contribution in [3.63, 3.8) is 0 Å². The minimum absolute atomic E-state index is 0.195. The molecule has 3 rings (SSSR count). The van der Waals surface area contributed by atoms with Gasteiger partial charge in [-0.05, 0) is 60.7 Å². The molecule has 1 fully saturated rings. The Morgan fingerprint density at radius 3 is 2.83 bits per heavy atom. The molecule has 1 atom stereocenters. The molecule has 4 heteroatoms. The van der Waals surface area contributed by atoms with E-state index in [0.29, 0.717) is 5.92 Å². The lowest BCUT2D eigenvalue weighted by molar-refractivity contribution is 0.0669. The second-order valence-electron chi connectivity index (χ2n) is 6.16. The molecule has 122 valence electrons. The maximum atomic E-state index is 12.5. The number of rotatable bonds is 5. The van der Waals surface area contributed by atoms with Crippen LogP contribution in [0.3, 0.4) is 0 Å². The smallest absolute Gasteiger partial charge is 0.254 e. The summed E-state index contributed by atoms with van der Waals surface area (Å²) in [6.07, 6.45) is 4.54. The molecule has 1 saturated heterocycles. The minimum Gasteiger partial charge on any atom is -0.497 e. The number of benzene rings is 1. The van der Waals surface area contributed by atoms with E-state index in [0.717, 1.165) is 43.7 Å². The third-order valence-corrected chi connectivity index (χ3v) is 5.26. The monoisotopic (exact) mass is 329 g/mol. The Labute approximate surface area is 141 Å². The highest BCUT2D eigenvalue weighted by Gasteiger charge is 2.24. The molecule has 0 bridgehead atoms. The van der Waals surface area contributed by atoms with Crippen molar-refractivity contribution in [2.45, 2.75) is 25.7 Å². The summed E-state index contributed by atoms with van der Waals surface area (Å²) in [5.41, 5.74) is 2.18. The van der Waals surface area contributed by atoms with Crippen molar-refractivity contribution in [3.8, 4) is 5.75 Å². The molecule has 23 heavy (non-hydrogen) atoms. The van der Waals surface area contributed by atoms with E-state index in [4.69, 9.17) is 4.74 Å². The molecule has 3 nitrogen and oxygen atoms in total. The van der Waals surface area contributed by atoms with Crippen molar-refractivity contribution in [1.29, 1.82) is 0 Å². The zero-order valence-corrected chi connectivity index (χ0v) is 14.3. The van der Waals surface area contributed by atoms with Crippen LogP contribution >= 0.6 is 11.3 Å². The van der Waals surface area contributed by atoms with Gasteiger partial charge in [0.05, 0.1) is 12.7 Å². The van der Waals surface area contributed by atoms with Gasteiger partial charge in [-0.1, -0.05) is 12.1 Å². The standard InChI is InChI=1S/C19H23NO2S/c1-22-18-8-6-15(7-9-18)4-5-16-3-2-11-20(13-16)19(21)17-10-12-23-14-17/h6-10,12,14,16H,2-5,11,13H2,1H3/t16-/m0/s1. The van der Waals surface area contributed by atoms with E-state index in [-0.39, 0.29) is 5.91 Å². The number of aryl methyl sites for hydroxylation is 1. The van der Waals surface area contributed by atoms with E-state index in [9.17, 15) is 4.79 Å². The van der Waals surface area contributed by atoms with Gasteiger partial charge in [-0.3, -0.25) is 4.79 Å². The Kier molecular flexibility index (Phi) is 5.34. The molecule has 1 aromatic carbocycles. The predicted octanol–water partition coefficient (Wildman–Crippen LogP) is 4.24. The van der Waals surface area contributed by atoms with Gasteiger partial charge in [0.1, 0.15) is 5.75 Å². The lowest BCUT2D eigenvalue weighted by Gasteiger charge is -2.32. The SMILES string of the molecule is COc1ccc(CC[C@@H]2CCCN(C(=O)c3ccsc3)C2)cc1. The van der Waals surface area contributed by atoms with Gasteiger partial charge in [0.15, 0.2) is 0 Å². The number of hydrogen-bond donors (Lipinski definition) is 0. The molecule has 2 heterocycles. The average Bonchev–Trinajstić information content (AvgIpc) is 3.14. The minimum atomic E-state index is 0.195. The number of carbonyl (C=O) groups excluding carboxylic acids is 1. The van der Waals surface area contributed by atoms with Crippen LogP contribution in [0.2, 0.25) is 0 Å². The van der Waals surface area contributed by atoms with Crippen molar-refractivity contribution < 1.29 is 9.53 Å². The number of hydrogen-bond acceptors (Lipinski definition) is 3. The molecule has 0 N–H and O–H groups in total. The van der Waals surface area contributed by atoms with E-state index < -0.39 is 0 Å². The molecule has 0 aliphatic carbocycles. The molecular weight excluding hydrogens is 306 g/mol. The van der Waals surface area contributed by atoms with Crippen LogP contribution in [0.4, 0.5) is 0 Å². The fourth-order valence-corrected chi connectivity index (χ4v) is 3.85. The highest BCUT2D eigenvalue weighted by Crippen LogP contribution is 2.24. The fraction of sp³-hybridized carbons (Fsp3) is 0.421. The average molecular weight is 329 g/mol. The van der Waals surface area contributed by atoms with Gasteiger partial charge in [0, 0.05) is 18.5 Å². The number of thiophene rings is 1. The second kappa shape index (κ2) is 7.64. The summed E-state index contributed by atoms with van der Waals surface area (Å²) >= 11 is 1.59. The maximum absolute atomic E-state index is 12.5. The molecule has 2 aromatic rings. The van der Waals surface area contributed by atoms with Crippen LogP contribution in [0.25, 0.3) is 0 Å². The van der Waals surface area contributed by atoms with Crippen LogP contribution in [0, 0.1) is 5.92 Å². The van der Waals surface area contributed by atoms with Crippen molar-refractivity contribution >= 4 is 17.2 Å². The lowest BCUT2D eigenvalue weighted by Crippen LogP contribution is -2.39. The Hall–Kier alpha value is -1.81. The van der Waals surface area contributed by atoms with Gasteiger partial charge in [-0.2, -0.15) is 11.3 Å². The van der Waals surface area contributed by atoms with Crippen LogP contribution in [-0.4, -0.2) is 31.0 Å². The van der Waals surface area contributed by atoms with E-state index in [2.05, 4.69) is 12.1 Å². The quantitative estimate of drug-likeness (QED) is 0.821. The largest absolute Gasteiger partial charge is 0.497 e. The third-order valence-electron chi connectivity index (χ3n) is 4.57. The highest BCUT2D eigenvalue weighted by molar-refractivity contribution is 7.08. The lowest BCUT2D eigenvalue weighted by atomic mass is 9.91. The summed E-state index contributed by atoms with van der Waals surface area (Å²) in [7, 11) is 1.69. The molecular formula is C19H23NO2S. The van der Waals surface area contributed by atoms with Crippen LogP contribution in [-0.2, 0) is 6.42 Å². The first kappa shape index (κ1) is 16.1. The van der Waals surface area contributed by atoms with Crippen molar-refractivity contribution in [2.24, 2.45) is 5.92 Å². The number of amides is 1. The van der Waals surface area contributed by atoms with Gasteiger partial charge >= 0.3 is 0 Å². The summed E-state index contributed by atoms with van der Waals surface area (Å²) in [5, 5.41) is 3.92. The number of ether oxygens (including phenoxy) is 1. The zero-order valence-electron chi connectivity index (χ0n) is 13.5. The van der Waals surface area contributed by atoms with Crippen LogP contribution in [0.5, 0.6) is 5.75 Å². The zero-order chi connectivity index (χ0) is 16.1. The highest BCUT2D eigenvalue weighted by atomic mass is 32.1. The van der Waals surface area contributed by atoms with E-state index >= 15 is 0 Å². The summed E-state index contributed by atoms with van der Waals surface area (Å²) in [5.74, 6) is 1.70. The second-order valence-corrected chi connectivity index (χ2v) is 6.94. The molecule has 0 saturated carbocycles. The van der Waals surface area contributed by atoms with Crippen molar-refractivity contribution in [2.75, 3.05) is 20.2 Å². The normalized spacial score (nSPS) is 18.0. The van der Waals surface area contributed by atoms with Crippen LogP contribution < -0.4 is 4.74 Å². The molecule has 1 aliphatic rings. The first-order valence-corrected chi connectivity index (χ1v) is 9.15. The Bertz CT molecular complexity index is 621. The van der Waals surface area contributed by atoms with Gasteiger partial charge in [-0.25, -0.2) is 0 Å². The number of piperidine rings is 1. The van der Waals surface area contributed by atoms with Gasteiger partial charge < -0.3 is 9.64 Å². The third kappa shape index (κ3) is 4.14. The Morgan fingerprint density at radius 2 is 2.13 bits per heavy atom. The summed E-state index contributed by atoms with van der Waals surface area (Å²) in [6, 6.07) is 10.2. The van der Waals surface area contributed by atoms with Gasteiger partial charge in [0.2, 0.25) is 0 Å². The van der Waals surface area contributed by atoms with Gasteiger partial charge in [-0.15, -0.1) is 0 Å². The molecule has 1 aliphatic heterocycles. The molecule has 0 spiro atoms. The number of carbonyl (C=O) groups is 1. The summed E-state index contributed by atoms with van der Waals surface area (Å²) in [6.45, 7) is 1.79. The maximum Gasteiger partial charge on any atom is 0.254 e. The first-order valence-electron chi connectivity index (χ1n) is 8.20. The van der Waals surface area contributed by atoms with E-state index in [1.807, 2.05) is 33.9 Å². The molecule has 1 amide bonds. The van der Waals surface area contributed by atoms with Crippen LogP contribution in [0.1, 0.15) is 35.2 Å². The molecule has 1 aromatic heterocycles. The molecule has 0 unspecified atom stereocenters. The number of nitrogens with zero attached hydrogens (tertiary/aromatic N) is 1. The fourth-order valence-electron chi connectivity index (χ4n) is 3.22. The molecule has 0 radical (unpaired) electrons. The predicted molar refractivity (Wildman–Crippen MR) is 94.3 cm³/mol.